The molecule has 0 aliphatic carbocycles. The van der Waals surface area contributed by atoms with E-state index < -0.39 is 0 Å². The SMILES string of the molecule is CCCc1ncc(CN2C[C@H](O)[C@@H](N3CCN(c4ccccn4)CC3)C2)cn1. The lowest BCUT2D eigenvalue weighted by Crippen LogP contribution is -2.53. The van der Waals surface area contributed by atoms with Gasteiger partial charge in [0, 0.05) is 82.4 Å². The van der Waals surface area contributed by atoms with Gasteiger partial charge in [-0.25, -0.2) is 15.0 Å². The highest BCUT2D eigenvalue weighted by atomic mass is 16.3. The van der Waals surface area contributed by atoms with Crippen LogP contribution in [0.25, 0.3) is 0 Å². The quantitative estimate of drug-likeness (QED) is 0.805. The van der Waals surface area contributed by atoms with Crippen LogP contribution in [0.4, 0.5) is 5.82 Å². The molecule has 28 heavy (non-hydrogen) atoms. The molecule has 0 radical (unpaired) electrons. The summed E-state index contributed by atoms with van der Waals surface area (Å²) in [5, 5.41) is 10.6. The molecule has 2 aliphatic rings. The fraction of sp³-hybridized carbons (Fsp3) is 0.571. The minimum absolute atomic E-state index is 0.200. The number of piperazine rings is 1. The highest BCUT2D eigenvalue weighted by Gasteiger charge is 2.36. The van der Waals surface area contributed by atoms with Gasteiger partial charge in [0.25, 0.3) is 0 Å². The molecule has 0 saturated carbocycles. The van der Waals surface area contributed by atoms with Crippen LogP contribution in [0.3, 0.4) is 0 Å². The lowest BCUT2D eigenvalue weighted by atomic mass is 10.1. The summed E-state index contributed by atoms with van der Waals surface area (Å²) in [6.07, 6.45) is 7.40. The van der Waals surface area contributed by atoms with Gasteiger partial charge < -0.3 is 10.0 Å². The van der Waals surface area contributed by atoms with Crippen LogP contribution in [0.15, 0.2) is 36.8 Å². The topological polar surface area (TPSA) is 68.6 Å². The maximum Gasteiger partial charge on any atom is 0.128 e. The van der Waals surface area contributed by atoms with Crippen molar-refractivity contribution in [3.8, 4) is 0 Å². The summed E-state index contributed by atoms with van der Waals surface area (Å²) in [5.41, 5.74) is 1.12. The maximum absolute atomic E-state index is 10.6. The van der Waals surface area contributed by atoms with E-state index in [9.17, 15) is 5.11 Å². The fourth-order valence-electron chi connectivity index (χ4n) is 4.23. The second-order valence-corrected chi connectivity index (χ2v) is 7.80. The predicted octanol–water partition coefficient (Wildman–Crippen LogP) is 1.19. The molecule has 4 heterocycles. The molecule has 0 bridgehead atoms. The van der Waals surface area contributed by atoms with E-state index in [4.69, 9.17) is 0 Å². The van der Waals surface area contributed by atoms with Crippen molar-refractivity contribution in [1.82, 2.24) is 24.8 Å². The third-order valence-electron chi connectivity index (χ3n) is 5.73. The van der Waals surface area contributed by atoms with Crippen LogP contribution in [0, 0.1) is 0 Å². The first-order chi connectivity index (χ1) is 13.7. The zero-order chi connectivity index (χ0) is 19.3. The number of likely N-dealkylation sites (tertiary alicyclic amines) is 1. The summed E-state index contributed by atoms with van der Waals surface area (Å²) < 4.78 is 0. The monoisotopic (exact) mass is 382 g/mol. The Bertz CT molecular complexity index is 732. The van der Waals surface area contributed by atoms with Gasteiger partial charge in [-0.3, -0.25) is 9.80 Å². The predicted molar refractivity (Wildman–Crippen MR) is 109 cm³/mol. The third kappa shape index (κ3) is 4.48. The van der Waals surface area contributed by atoms with E-state index in [1.165, 1.54) is 0 Å². The van der Waals surface area contributed by atoms with E-state index in [2.05, 4.69) is 42.6 Å². The molecule has 2 aromatic heterocycles. The lowest BCUT2D eigenvalue weighted by Gasteiger charge is -2.39. The van der Waals surface area contributed by atoms with Gasteiger partial charge in [0.1, 0.15) is 11.6 Å². The van der Waals surface area contributed by atoms with Crippen LogP contribution >= 0.6 is 0 Å². The van der Waals surface area contributed by atoms with Crippen molar-refractivity contribution < 1.29 is 5.11 Å². The number of aliphatic hydroxyl groups excluding tert-OH is 1. The van der Waals surface area contributed by atoms with Gasteiger partial charge >= 0.3 is 0 Å². The number of pyridine rings is 1. The van der Waals surface area contributed by atoms with Crippen LogP contribution in [-0.4, -0.2) is 81.3 Å². The Hall–Kier alpha value is -2.09. The summed E-state index contributed by atoms with van der Waals surface area (Å²) >= 11 is 0. The fourth-order valence-corrected chi connectivity index (χ4v) is 4.23. The van der Waals surface area contributed by atoms with E-state index in [1.807, 2.05) is 30.7 Å². The van der Waals surface area contributed by atoms with Crippen molar-refractivity contribution >= 4 is 5.82 Å². The van der Waals surface area contributed by atoms with Crippen molar-refractivity contribution in [2.45, 2.75) is 38.5 Å². The molecule has 0 unspecified atom stereocenters. The van der Waals surface area contributed by atoms with E-state index in [0.29, 0.717) is 6.54 Å². The number of aryl methyl sites for hydroxylation is 1. The summed E-state index contributed by atoms with van der Waals surface area (Å²) in [7, 11) is 0. The molecule has 0 aromatic carbocycles. The Balaban J connectivity index is 1.29. The molecule has 7 heteroatoms. The molecule has 150 valence electrons. The summed E-state index contributed by atoms with van der Waals surface area (Å²) in [6, 6.07) is 6.25. The number of rotatable bonds is 6. The molecule has 1 N–H and O–H groups in total. The van der Waals surface area contributed by atoms with E-state index >= 15 is 0 Å². The van der Waals surface area contributed by atoms with Crippen LogP contribution < -0.4 is 4.90 Å². The van der Waals surface area contributed by atoms with Crippen molar-refractivity contribution in [3.63, 3.8) is 0 Å². The zero-order valence-corrected chi connectivity index (χ0v) is 16.6. The lowest BCUT2D eigenvalue weighted by molar-refractivity contribution is 0.0790. The number of aromatic nitrogens is 3. The summed E-state index contributed by atoms with van der Waals surface area (Å²) in [5.74, 6) is 1.96. The Kier molecular flexibility index (Phi) is 6.14. The Labute approximate surface area is 167 Å². The number of anilines is 1. The average molecular weight is 383 g/mol. The number of aliphatic hydroxyl groups is 1. The van der Waals surface area contributed by atoms with Gasteiger partial charge in [-0.1, -0.05) is 13.0 Å². The molecule has 4 rings (SSSR count). The first-order valence-corrected chi connectivity index (χ1v) is 10.3. The van der Waals surface area contributed by atoms with E-state index in [-0.39, 0.29) is 12.1 Å². The summed E-state index contributed by atoms with van der Waals surface area (Å²) in [6.45, 7) is 8.36. The smallest absolute Gasteiger partial charge is 0.128 e. The Morgan fingerprint density at radius 1 is 1.04 bits per heavy atom. The minimum atomic E-state index is -0.304. The van der Waals surface area contributed by atoms with Gasteiger partial charge in [0.05, 0.1) is 6.10 Å². The zero-order valence-electron chi connectivity index (χ0n) is 16.6. The summed E-state index contributed by atoms with van der Waals surface area (Å²) in [4.78, 5) is 20.4. The number of β-amino-alcohol motifs (C(OH)–C–C–N with tert-alkyl or cyclic N) is 1. The van der Waals surface area contributed by atoms with E-state index in [0.717, 1.165) is 69.3 Å². The van der Waals surface area contributed by atoms with Crippen molar-refractivity contribution in [3.05, 3.63) is 48.2 Å². The molecule has 7 nitrogen and oxygen atoms in total. The first kappa shape index (κ1) is 19.2. The highest BCUT2D eigenvalue weighted by molar-refractivity contribution is 5.38. The van der Waals surface area contributed by atoms with Crippen LogP contribution in [0.1, 0.15) is 24.7 Å². The highest BCUT2D eigenvalue weighted by Crippen LogP contribution is 2.21. The molecule has 2 aliphatic heterocycles. The molecule has 2 aromatic rings. The Morgan fingerprint density at radius 3 is 2.50 bits per heavy atom. The van der Waals surface area contributed by atoms with Gasteiger partial charge in [-0.15, -0.1) is 0 Å². The number of hydrogen-bond acceptors (Lipinski definition) is 7. The second kappa shape index (κ2) is 8.94. The molecular weight excluding hydrogens is 352 g/mol. The molecule has 0 amide bonds. The third-order valence-corrected chi connectivity index (χ3v) is 5.73. The number of hydrogen-bond donors (Lipinski definition) is 1. The van der Waals surface area contributed by atoms with Crippen LogP contribution in [0.2, 0.25) is 0 Å². The largest absolute Gasteiger partial charge is 0.390 e. The van der Waals surface area contributed by atoms with Crippen LogP contribution in [0.5, 0.6) is 0 Å². The van der Waals surface area contributed by atoms with Crippen molar-refractivity contribution in [1.29, 1.82) is 0 Å². The minimum Gasteiger partial charge on any atom is -0.390 e. The average Bonchev–Trinajstić information content (AvgIpc) is 3.10. The Morgan fingerprint density at radius 2 is 1.82 bits per heavy atom. The molecular formula is C21H30N6O. The number of nitrogens with zero attached hydrogens (tertiary/aromatic N) is 6. The second-order valence-electron chi connectivity index (χ2n) is 7.80. The normalized spacial score (nSPS) is 24.0. The van der Waals surface area contributed by atoms with E-state index in [1.54, 1.807) is 0 Å². The van der Waals surface area contributed by atoms with Crippen LogP contribution in [-0.2, 0) is 13.0 Å². The molecule has 0 spiro atoms. The molecule has 2 atom stereocenters. The van der Waals surface area contributed by atoms with Gasteiger partial charge in [-0.05, 0) is 18.6 Å². The maximum atomic E-state index is 10.6. The van der Waals surface area contributed by atoms with Gasteiger partial charge in [-0.2, -0.15) is 0 Å². The molecule has 2 saturated heterocycles. The standard InChI is InChI=1S/C21H30N6O/c1-2-5-20-23-12-17(13-24-20)14-25-15-18(19(28)16-25)26-8-10-27(11-9-26)21-6-3-4-7-22-21/h3-4,6-7,12-13,18-19,28H,2,5,8-11,14-16H2,1H3/t18-,19-/m0/s1. The van der Waals surface area contributed by atoms with Crippen molar-refractivity contribution in [2.75, 3.05) is 44.2 Å². The van der Waals surface area contributed by atoms with Gasteiger partial charge in [0.15, 0.2) is 0 Å². The first-order valence-electron chi connectivity index (χ1n) is 10.3. The van der Waals surface area contributed by atoms with Gasteiger partial charge in [0.2, 0.25) is 0 Å². The van der Waals surface area contributed by atoms with Crippen molar-refractivity contribution in [2.24, 2.45) is 0 Å². The molecule has 2 fully saturated rings.